The molecule has 8 nitrogen and oxygen atoms in total. The monoisotopic (exact) mass is 660 g/mol. The second-order valence-corrected chi connectivity index (χ2v) is 12.4. The van der Waals surface area contributed by atoms with Crippen LogP contribution < -0.4 is 0 Å². The minimum atomic E-state index is -0.897. The summed E-state index contributed by atoms with van der Waals surface area (Å²) in [6.45, 7) is 0.133. The van der Waals surface area contributed by atoms with E-state index in [1.165, 1.54) is 17.0 Å². The first-order chi connectivity index (χ1) is 23.9. The molecule has 2 aliphatic heterocycles. The first-order valence-electron chi connectivity index (χ1n) is 16.4. The van der Waals surface area contributed by atoms with Gasteiger partial charge in [0.2, 0.25) is 11.8 Å². The molecule has 0 radical (unpaired) electrons. The molecule has 9 heteroatoms. The lowest BCUT2D eigenvalue weighted by Crippen LogP contribution is -2.44. The Morgan fingerprint density at radius 1 is 0.592 bits per heavy atom. The quantitative estimate of drug-likeness (QED) is 0.160. The summed E-state index contributed by atoms with van der Waals surface area (Å²) >= 11 is 0. The average Bonchev–Trinajstić information content (AvgIpc) is 3.67. The number of ether oxygens (including phenoxy) is 2. The van der Waals surface area contributed by atoms with Crippen molar-refractivity contribution in [3.05, 3.63) is 155 Å². The van der Waals surface area contributed by atoms with E-state index in [2.05, 4.69) is 0 Å². The standard InChI is InChI=1S/C40H37FN2O6/c41-34-20-16-31(17-21-34)23-33(38(45)43-36(27-49-40(43)47)25-30-14-8-3-9-15-30)19-18-32(22-28-10-4-1-5-11-28)37(44)42-35(26-48-39(42)46)24-29-12-6-2-7-13-29/h1-21,32-33,35-36H,22-27H2/b19-18+/t32?,33?,35-,36-/m0/s1. The third kappa shape index (κ3) is 8.30. The molecule has 0 N–H and O–H groups in total. The van der Waals surface area contributed by atoms with Crippen molar-refractivity contribution in [2.24, 2.45) is 11.8 Å². The van der Waals surface area contributed by atoms with Crippen molar-refractivity contribution in [3.8, 4) is 0 Å². The minimum Gasteiger partial charge on any atom is -0.447 e. The van der Waals surface area contributed by atoms with E-state index in [9.17, 15) is 23.6 Å². The van der Waals surface area contributed by atoms with Gasteiger partial charge in [-0.3, -0.25) is 9.59 Å². The smallest absolute Gasteiger partial charge is 0.417 e. The molecule has 0 saturated carbocycles. The molecule has 0 spiro atoms. The molecule has 4 amide bonds. The lowest BCUT2D eigenvalue weighted by molar-refractivity contribution is -0.133. The first-order valence-corrected chi connectivity index (χ1v) is 16.4. The van der Waals surface area contributed by atoms with Crippen molar-refractivity contribution >= 4 is 24.0 Å². The molecule has 49 heavy (non-hydrogen) atoms. The maximum Gasteiger partial charge on any atom is 0.417 e. The van der Waals surface area contributed by atoms with Crippen LogP contribution in [0.1, 0.15) is 22.3 Å². The number of imide groups is 2. The van der Waals surface area contributed by atoms with Gasteiger partial charge in [-0.1, -0.05) is 115 Å². The van der Waals surface area contributed by atoms with Gasteiger partial charge in [0.05, 0.1) is 23.9 Å². The highest BCUT2D eigenvalue weighted by molar-refractivity contribution is 5.97. The maximum atomic E-state index is 14.3. The summed E-state index contributed by atoms with van der Waals surface area (Å²) in [5, 5.41) is 0. The van der Waals surface area contributed by atoms with E-state index in [1.807, 2.05) is 91.0 Å². The van der Waals surface area contributed by atoms with Gasteiger partial charge in [0.15, 0.2) is 0 Å². The number of amides is 4. The number of nitrogens with zero attached hydrogens (tertiary/aromatic N) is 2. The van der Waals surface area contributed by atoms with Crippen LogP contribution >= 0.6 is 0 Å². The van der Waals surface area contributed by atoms with Crippen molar-refractivity contribution in [2.45, 2.75) is 37.8 Å². The van der Waals surface area contributed by atoms with Gasteiger partial charge in [-0.2, -0.15) is 0 Å². The molecule has 250 valence electrons. The zero-order valence-corrected chi connectivity index (χ0v) is 26.9. The van der Waals surface area contributed by atoms with Crippen LogP contribution in [0.5, 0.6) is 0 Å². The van der Waals surface area contributed by atoms with Crippen LogP contribution in [-0.4, -0.2) is 59.1 Å². The Labute approximate surface area is 284 Å². The minimum absolute atomic E-state index is 0.0570. The van der Waals surface area contributed by atoms with Crippen LogP contribution in [0.15, 0.2) is 127 Å². The summed E-state index contributed by atoms with van der Waals surface area (Å²) in [6, 6.07) is 33.3. The van der Waals surface area contributed by atoms with Crippen LogP contribution in [0.25, 0.3) is 0 Å². The van der Waals surface area contributed by atoms with Crippen molar-refractivity contribution in [1.29, 1.82) is 0 Å². The molecule has 2 heterocycles. The molecule has 4 aromatic carbocycles. The largest absolute Gasteiger partial charge is 0.447 e. The third-order valence-corrected chi connectivity index (χ3v) is 8.90. The number of carbonyl (C=O) groups excluding carboxylic acids is 4. The molecule has 2 unspecified atom stereocenters. The molecule has 4 atom stereocenters. The maximum absolute atomic E-state index is 14.3. The number of rotatable bonds is 12. The predicted octanol–water partition coefficient (Wildman–Crippen LogP) is 6.58. The van der Waals surface area contributed by atoms with Gasteiger partial charge < -0.3 is 9.47 Å². The fourth-order valence-electron chi connectivity index (χ4n) is 6.38. The number of cyclic esters (lactones) is 2. The highest BCUT2D eigenvalue weighted by Crippen LogP contribution is 2.26. The SMILES string of the molecule is O=C1OC[C@H](Cc2ccccc2)N1C(=O)C(/C=C/C(Cc1ccc(F)cc1)C(=O)N1C(=O)OC[C@@H]1Cc1ccccc1)Cc1ccccc1. The lowest BCUT2D eigenvalue weighted by atomic mass is 9.91. The predicted molar refractivity (Wildman–Crippen MR) is 181 cm³/mol. The Kier molecular flexibility index (Phi) is 10.6. The van der Waals surface area contributed by atoms with Crippen molar-refractivity contribution in [3.63, 3.8) is 0 Å². The number of hydrogen-bond donors (Lipinski definition) is 0. The summed E-state index contributed by atoms with van der Waals surface area (Å²) in [4.78, 5) is 56.9. The molecule has 2 fully saturated rings. The van der Waals surface area contributed by atoms with Crippen LogP contribution in [0, 0.1) is 17.7 Å². The van der Waals surface area contributed by atoms with E-state index in [1.54, 1.807) is 24.3 Å². The van der Waals surface area contributed by atoms with E-state index in [0.29, 0.717) is 18.4 Å². The molecule has 0 aliphatic carbocycles. The molecule has 2 aliphatic rings. The van der Waals surface area contributed by atoms with E-state index >= 15 is 0 Å². The summed E-state index contributed by atoms with van der Waals surface area (Å²) < 4.78 is 24.5. The van der Waals surface area contributed by atoms with Gasteiger partial charge >= 0.3 is 12.2 Å². The van der Waals surface area contributed by atoms with Crippen LogP contribution in [0.3, 0.4) is 0 Å². The number of hydrogen-bond acceptors (Lipinski definition) is 6. The molecular weight excluding hydrogens is 623 g/mol. The molecular formula is C40H37FN2O6. The molecule has 4 aromatic rings. The van der Waals surface area contributed by atoms with E-state index in [-0.39, 0.29) is 26.1 Å². The van der Waals surface area contributed by atoms with Crippen LogP contribution in [0.4, 0.5) is 14.0 Å². The second-order valence-electron chi connectivity index (χ2n) is 12.4. The summed E-state index contributed by atoms with van der Waals surface area (Å²) in [5.74, 6) is -3.08. The fourth-order valence-corrected chi connectivity index (χ4v) is 6.38. The van der Waals surface area contributed by atoms with Crippen LogP contribution in [-0.2, 0) is 44.7 Å². The number of halogens is 1. The van der Waals surface area contributed by atoms with Crippen LogP contribution in [0.2, 0.25) is 0 Å². The Morgan fingerprint density at radius 2 is 0.959 bits per heavy atom. The number of benzene rings is 4. The Balaban J connectivity index is 1.31. The highest BCUT2D eigenvalue weighted by atomic mass is 19.1. The Morgan fingerprint density at radius 3 is 1.37 bits per heavy atom. The lowest BCUT2D eigenvalue weighted by Gasteiger charge is -2.25. The van der Waals surface area contributed by atoms with Crippen molar-refractivity contribution in [2.75, 3.05) is 13.2 Å². The van der Waals surface area contributed by atoms with E-state index < -0.39 is 53.7 Å². The van der Waals surface area contributed by atoms with Gasteiger partial charge in [-0.25, -0.2) is 23.8 Å². The second kappa shape index (κ2) is 15.6. The van der Waals surface area contributed by atoms with Crippen molar-refractivity contribution < 1.29 is 33.0 Å². The molecule has 0 aromatic heterocycles. The summed E-state index contributed by atoms with van der Waals surface area (Å²) in [7, 11) is 0. The van der Waals surface area contributed by atoms with E-state index in [4.69, 9.17) is 9.47 Å². The van der Waals surface area contributed by atoms with Crippen molar-refractivity contribution in [1.82, 2.24) is 9.80 Å². The zero-order valence-electron chi connectivity index (χ0n) is 26.9. The normalized spacial score (nSPS) is 18.7. The summed E-state index contributed by atoms with van der Waals surface area (Å²) in [6.07, 6.45) is 3.11. The Bertz CT molecular complexity index is 1780. The van der Waals surface area contributed by atoms with Gasteiger partial charge in [0.25, 0.3) is 0 Å². The van der Waals surface area contributed by atoms with Gasteiger partial charge in [0.1, 0.15) is 19.0 Å². The molecule has 6 rings (SSSR count). The van der Waals surface area contributed by atoms with Gasteiger partial charge in [-0.15, -0.1) is 0 Å². The fraction of sp³-hybridized carbons (Fsp3) is 0.250. The third-order valence-electron chi connectivity index (χ3n) is 8.90. The zero-order chi connectivity index (χ0) is 34.2. The van der Waals surface area contributed by atoms with Gasteiger partial charge in [0, 0.05) is 0 Å². The first kappa shape index (κ1) is 33.3. The summed E-state index contributed by atoms with van der Waals surface area (Å²) in [5.41, 5.74) is 3.45. The van der Waals surface area contributed by atoms with E-state index in [0.717, 1.165) is 21.6 Å². The molecule has 2 saturated heterocycles. The topological polar surface area (TPSA) is 93.2 Å². The average molecular weight is 661 g/mol. The van der Waals surface area contributed by atoms with Gasteiger partial charge in [-0.05, 0) is 60.1 Å². The highest BCUT2D eigenvalue weighted by Gasteiger charge is 2.42. The number of carbonyl (C=O) groups is 4. The Hall–Kier alpha value is -5.57. The molecule has 0 bridgehead atoms.